The van der Waals surface area contributed by atoms with Crippen LogP contribution in [0.4, 0.5) is 5.69 Å². The smallest absolute Gasteiger partial charge is 0.329 e. The summed E-state index contributed by atoms with van der Waals surface area (Å²) in [6, 6.07) is 5.40. The molecule has 0 bridgehead atoms. The quantitative estimate of drug-likeness (QED) is 0.497. The average Bonchev–Trinajstić information content (AvgIpc) is 2.43. The number of nitro groups is 1. The number of hydrogen-bond acceptors (Lipinski definition) is 5. The Bertz CT molecular complexity index is 634. The minimum atomic E-state index is -0.476. The van der Waals surface area contributed by atoms with E-state index in [9.17, 15) is 10.1 Å². The first-order chi connectivity index (χ1) is 9.63. The van der Waals surface area contributed by atoms with E-state index < -0.39 is 4.92 Å². The third-order valence-electron chi connectivity index (χ3n) is 2.73. The monoisotopic (exact) mass is 339 g/mol. The van der Waals surface area contributed by atoms with E-state index in [4.69, 9.17) is 4.74 Å². The van der Waals surface area contributed by atoms with E-state index in [-0.39, 0.29) is 11.4 Å². The van der Waals surface area contributed by atoms with Crippen molar-refractivity contribution in [2.75, 3.05) is 19.7 Å². The van der Waals surface area contributed by atoms with Gasteiger partial charge in [0.2, 0.25) is 5.75 Å². The molecule has 106 valence electrons. The second-order valence-corrected chi connectivity index (χ2v) is 5.01. The number of nitrogens with zero attached hydrogens (tertiary/aromatic N) is 2. The molecule has 0 saturated heterocycles. The molecule has 0 aliphatic carbocycles. The zero-order valence-corrected chi connectivity index (χ0v) is 12.5. The van der Waals surface area contributed by atoms with Crippen molar-refractivity contribution in [3.63, 3.8) is 0 Å². The second kappa shape index (κ2) is 6.62. The highest BCUT2D eigenvalue weighted by Gasteiger charge is 2.19. The van der Waals surface area contributed by atoms with Gasteiger partial charge in [-0.3, -0.25) is 10.1 Å². The van der Waals surface area contributed by atoms with Gasteiger partial charge < -0.3 is 10.1 Å². The standard InChI is InChI=1S/C13H14BrN3O3/c1-2-15-5-6-20-13-10-7-9(14)3-4-11(10)16-8-12(13)17(18)19/h3-4,7-8,15H,2,5-6H2,1H3. The number of fused-ring (bicyclic) bond motifs is 1. The largest absolute Gasteiger partial charge is 0.485 e. The summed E-state index contributed by atoms with van der Waals surface area (Å²) in [6.07, 6.45) is 1.23. The van der Waals surface area contributed by atoms with E-state index in [1.165, 1.54) is 6.20 Å². The van der Waals surface area contributed by atoms with Gasteiger partial charge in [0, 0.05) is 11.0 Å². The van der Waals surface area contributed by atoms with Crippen LogP contribution in [-0.4, -0.2) is 29.6 Å². The average molecular weight is 340 g/mol. The second-order valence-electron chi connectivity index (χ2n) is 4.09. The van der Waals surface area contributed by atoms with Gasteiger partial charge in [0.15, 0.2) is 0 Å². The SMILES string of the molecule is CCNCCOc1c([N+](=O)[O-])cnc2ccc(Br)cc12. The minimum Gasteiger partial charge on any atom is -0.485 e. The molecule has 0 fully saturated rings. The van der Waals surface area contributed by atoms with Gasteiger partial charge in [0.1, 0.15) is 12.8 Å². The molecule has 2 rings (SSSR count). The molecule has 1 aromatic carbocycles. The summed E-state index contributed by atoms with van der Waals surface area (Å²) in [6.45, 7) is 3.81. The van der Waals surface area contributed by atoms with Crippen LogP contribution in [-0.2, 0) is 0 Å². The first-order valence-corrected chi connectivity index (χ1v) is 6.99. The Balaban J connectivity index is 2.42. The first kappa shape index (κ1) is 14.7. The Hall–Kier alpha value is -1.73. The van der Waals surface area contributed by atoms with Crippen LogP contribution in [0.2, 0.25) is 0 Å². The molecular formula is C13H14BrN3O3. The summed E-state index contributed by atoms with van der Waals surface area (Å²) in [7, 11) is 0. The lowest BCUT2D eigenvalue weighted by atomic mass is 10.2. The molecule has 0 spiro atoms. The van der Waals surface area contributed by atoms with Crippen LogP contribution in [0.5, 0.6) is 5.75 Å². The molecule has 0 aliphatic heterocycles. The van der Waals surface area contributed by atoms with Crippen molar-refractivity contribution in [1.82, 2.24) is 10.3 Å². The maximum Gasteiger partial charge on any atom is 0.329 e. The van der Waals surface area contributed by atoms with Gasteiger partial charge >= 0.3 is 5.69 Å². The number of pyridine rings is 1. The highest BCUT2D eigenvalue weighted by Crippen LogP contribution is 2.35. The number of halogens is 1. The zero-order valence-electron chi connectivity index (χ0n) is 10.9. The zero-order chi connectivity index (χ0) is 14.5. The highest BCUT2D eigenvalue weighted by molar-refractivity contribution is 9.10. The molecule has 20 heavy (non-hydrogen) atoms. The molecular weight excluding hydrogens is 326 g/mol. The van der Waals surface area contributed by atoms with Gasteiger partial charge in [0.25, 0.3) is 0 Å². The van der Waals surface area contributed by atoms with Crippen molar-refractivity contribution in [2.24, 2.45) is 0 Å². The van der Waals surface area contributed by atoms with Crippen LogP contribution < -0.4 is 10.1 Å². The normalized spacial score (nSPS) is 10.7. The third-order valence-corrected chi connectivity index (χ3v) is 3.23. The number of likely N-dealkylation sites (N-methyl/N-ethyl adjacent to an activating group) is 1. The number of nitrogens with one attached hydrogen (secondary N) is 1. The minimum absolute atomic E-state index is 0.118. The number of aromatic nitrogens is 1. The van der Waals surface area contributed by atoms with Crippen LogP contribution in [0.15, 0.2) is 28.9 Å². The van der Waals surface area contributed by atoms with Crippen molar-refractivity contribution < 1.29 is 9.66 Å². The summed E-state index contributed by atoms with van der Waals surface area (Å²) >= 11 is 3.36. The Morgan fingerprint density at radius 1 is 1.50 bits per heavy atom. The third kappa shape index (κ3) is 3.23. The summed E-state index contributed by atoms with van der Waals surface area (Å²) in [5.41, 5.74) is 0.546. The van der Waals surface area contributed by atoms with E-state index >= 15 is 0 Å². The van der Waals surface area contributed by atoms with Crippen LogP contribution in [0, 0.1) is 10.1 Å². The van der Waals surface area contributed by atoms with Crippen LogP contribution in [0.1, 0.15) is 6.92 Å². The van der Waals surface area contributed by atoms with Gasteiger partial charge in [-0.2, -0.15) is 0 Å². The molecule has 0 atom stereocenters. The van der Waals surface area contributed by atoms with Gasteiger partial charge in [-0.1, -0.05) is 22.9 Å². The summed E-state index contributed by atoms with van der Waals surface area (Å²) < 4.78 is 6.43. The molecule has 0 unspecified atom stereocenters. The molecule has 1 heterocycles. The molecule has 0 amide bonds. The molecule has 0 saturated carbocycles. The fourth-order valence-electron chi connectivity index (χ4n) is 1.81. The lowest BCUT2D eigenvalue weighted by Gasteiger charge is -2.10. The molecule has 2 aromatic rings. The van der Waals surface area contributed by atoms with Crippen molar-refractivity contribution in [3.8, 4) is 5.75 Å². The van der Waals surface area contributed by atoms with E-state index in [0.717, 1.165) is 11.0 Å². The van der Waals surface area contributed by atoms with Gasteiger partial charge in [-0.25, -0.2) is 4.98 Å². The van der Waals surface area contributed by atoms with Gasteiger partial charge in [0.05, 0.1) is 15.8 Å². The van der Waals surface area contributed by atoms with E-state index in [2.05, 4.69) is 26.2 Å². The number of hydrogen-bond donors (Lipinski definition) is 1. The fourth-order valence-corrected chi connectivity index (χ4v) is 2.17. The van der Waals surface area contributed by atoms with Gasteiger partial charge in [-0.05, 0) is 24.7 Å². The van der Waals surface area contributed by atoms with Gasteiger partial charge in [-0.15, -0.1) is 0 Å². The molecule has 0 aliphatic rings. The van der Waals surface area contributed by atoms with Crippen LogP contribution in [0.25, 0.3) is 10.9 Å². The predicted molar refractivity (Wildman–Crippen MR) is 80.1 cm³/mol. The van der Waals surface area contributed by atoms with E-state index in [1.807, 2.05) is 13.0 Å². The van der Waals surface area contributed by atoms with Crippen molar-refractivity contribution in [2.45, 2.75) is 6.92 Å². The number of rotatable bonds is 6. The Morgan fingerprint density at radius 3 is 3.00 bits per heavy atom. The summed E-state index contributed by atoms with van der Waals surface area (Å²) in [5, 5.41) is 14.8. The van der Waals surface area contributed by atoms with Crippen molar-refractivity contribution >= 4 is 32.5 Å². The number of ether oxygens (including phenoxy) is 1. The Morgan fingerprint density at radius 2 is 2.30 bits per heavy atom. The van der Waals surface area contributed by atoms with Crippen molar-refractivity contribution in [3.05, 3.63) is 39.0 Å². The molecule has 1 N–H and O–H groups in total. The first-order valence-electron chi connectivity index (χ1n) is 6.19. The van der Waals surface area contributed by atoms with Crippen LogP contribution >= 0.6 is 15.9 Å². The predicted octanol–water partition coefficient (Wildman–Crippen LogP) is 2.89. The highest BCUT2D eigenvalue weighted by atomic mass is 79.9. The Labute approximate surface area is 124 Å². The van der Waals surface area contributed by atoms with Crippen molar-refractivity contribution in [1.29, 1.82) is 0 Å². The molecule has 6 nitrogen and oxygen atoms in total. The maximum absolute atomic E-state index is 11.1. The summed E-state index contributed by atoms with van der Waals surface area (Å²) in [5.74, 6) is 0.263. The molecule has 1 aromatic heterocycles. The lowest BCUT2D eigenvalue weighted by Crippen LogP contribution is -2.20. The number of benzene rings is 1. The van der Waals surface area contributed by atoms with E-state index in [1.54, 1.807) is 12.1 Å². The maximum atomic E-state index is 11.1. The topological polar surface area (TPSA) is 77.3 Å². The van der Waals surface area contributed by atoms with Crippen LogP contribution in [0.3, 0.4) is 0 Å². The lowest BCUT2D eigenvalue weighted by molar-refractivity contribution is -0.386. The fraction of sp³-hybridized carbons (Fsp3) is 0.308. The molecule has 0 radical (unpaired) electrons. The summed E-state index contributed by atoms with van der Waals surface area (Å²) in [4.78, 5) is 14.7. The Kier molecular flexibility index (Phi) is 4.86. The molecule has 7 heteroatoms. The van der Waals surface area contributed by atoms with E-state index in [0.29, 0.717) is 24.1 Å².